The molecule has 1 saturated carbocycles. The van der Waals surface area contributed by atoms with Crippen molar-refractivity contribution < 1.29 is 13.2 Å². The van der Waals surface area contributed by atoms with Crippen LogP contribution in [0.4, 0.5) is 13.2 Å². The number of benzene rings is 3. The van der Waals surface area contributed by atoms with Crippen LogP contribution < -0.4 is 0 Å². The molecule has 1 fully saturated rings. The van der Waals surface area contributed by atoms with E-state index in [0.717, 1.165) is 56.9 Å². The van der Waals surface area contributed by atoms with Crippen molar-refractivity contribution in [2.24, 2.45) is 5.92 Å². The van der Waals surface area contributed by atoms with Crippen LogP contribution in [0.15, 0.2) is 54.6 Å². The molecule has 0 radical (unpaired) electrons. The van der Waals surface area contributed by atoms with E-state index in [4.69, 9.17) is 0 Å². The maximum Gasteiger partial charge on any atom is 0.166 e. The van der Waals surface area contributed by atoms with Crippen LogP contribution in [0.5, 0.6) is 0 Å². The molecule has 0 saturated heterocycles. The zero-order valence-electron chi connectivity index (χ0n) is 19.6. The van der Waals surface area contributed by atoms with Crippen LogP contribution >= 0.6 is 0 Å². The Morgan fingerprint density at radius 3 is 2.12 bits per heavy atom. The molecule has 1 aliphatic carbocycles. The Hall–Kier alpha value is -2.55. The van der Waals surface area contributed by atoms with Crippen LogP contribution in [0.25, 0.3) is 11.1 Å². The van der Waals surface area contributed by atoms with Gasteiger partial charge in [0.1, 0.15) is 5.82 Å². The second-order valence-electron chi connectivity index (χ2n) is 9.62. The van der Waals surface area contributed by atoms with Crippen molar-refractivity contribution in [3.8, 4) is 11.1 Å². The third kappa shape index (κ3) is 5.51. The zero-order chi connectivity index (χ0) is 23.4. The molecular weight excluding hydrogens is 417 g/mol. The minimum absolute atomic E-state index is 0.0635. The largest absolute Gasteiger partial charge is 0.207 e. The molecule has 0 atom stereocenters. The predicted octanol–water partition coefficient (Wildman–Crippen LogP) is 8.94. The molecule has 33 heavy (non-hydrogen) atoms. The molecule has 0 aromatic heterocycles. The summed E-state index contributed by atoms with van der Waals surface area (Å²) in [6.45, 7) is 3.90. The van der Waals surface area contributed by atoms with Gasteiger partial charge in [-0.2, -0.15) is 0 Å². The van der Waals surface area contributed by atoms with E-state index in [1.165, 1.54) is 5.56 Å². The summed E-state index contributed by atoms with van der Waals surface area (Å²) in [5, 5.41) is 0. The third-order valence-electron chi connectivity index (χ3n) is 7.28. The van der Waals surface area contributed by atoms with Crippen LogP contribution in [0.2, 0.25) is 0 Å². The van der Waals surface area contributed by atoms with Crippen molar-refractivity contribution in [2.45, 2.75) is 71.1 Å². The molecule has 3 heteroatoms. The highest BCUT2D eigenvalue weighted by molar-refractivity contribution is 5.65. The van der Waals surface area contributed by atoms with E-state index in [-0.39, 0.29) is 11.7 Å². The Labute approximate surface area is 195 Å². The minimum atomic E-state index is -0.737. The lowest BCUT2D eigenvalue weighted by atomic mass is 9.76. The van der Waals surface area contributed by atoms with Gasteiger partial charge in [0.05, 0.1) is 0 Å². The van der Waals surface area contributed by atoms with Gasteiger partial charge in [-0.05, 0) is 97.6 Å². The standard InChI is InChI=1S/C30H33F3/c1-3-4-21-9-13-24(14-10-21)26-17-18-27(30(33)29(26)32)25-15-11-22(12-16-25)7-8-23-6-5-20(2)28(31)19-23/h5-6,9-10,13-14,17-19,22,25H,3-4,7-8,11-12,15-16H2,1-2H3. The third-order valence-corrected chi connectivity index (χ3v) is 7.28. The van der Waals surface area contributed by atoms with Crippen molar-refractivity contribution >= 4 is 0 Å². The Morgan fingerprint density at radius 1 is 0.758 bits per heavy atom. The molecule has 0 heterocycles. The van der Waals surface area contributed by atoms with Crippen LogP contribution in [0, 0.1) is 30.3 Å². The van der Waals surface area contributed by atoms with Gasteiger partial charge in [0.15, 0.2) is 11.6 Å². The van der Waals surface area contributed by atoms with Gasteiger partial charge in [0.2, 0.25) is 0 Å². The molecule has 0 N–H and O–H groups in total. The molecule has 174 valence electrons. The number of aryl methyl sites for hydroxylation is 3. The monoisotopic (exact) mass is 450 g/mol. The zero-order valence-corrected chi connectivity index (χ0v) is 19.6. The van der Waals surface area contributed by atoms with Crippen LogP contribution in [-0.2, 0) is 12.8 Å². The summed E-state index contributed by atoms with van der Waals surface area (Å²) in [6, 6.07) is 16.8. The van der Waals surface area contributed by atoms with E-state index in [1.54, 1.807) is 25.1 Å². The Kier molecular flexibility index (Phi) is 7.57. The first-order chi connectivity index (χ1) is 16.0. The summed E-state index contributed by atoms with van der Waals surface area (Å²) < 4.78 is 43.8. The first-order valence-electron chi connectivity index (χ1n) is 12.3. The molecule has 0 spiro atoms. The number of halogens is 3. The van der Waals surface area contributed by atoms with E-state index in [2.05, 4.69) is 6.92 Å². The highest BCUT2D eigenvalue weighted by Crippen LogP contribution is 2.40. The van der Waals surface area contributed by atoms with E-state index >= 15 is 4.39 Å². The van der Waals surface area contributed by atoms with Gasteiger partial charge < -0.3 is 0 Å². The fraction of sp³-hybridized carbons (Fsp3) is 0.400. The first-order valence-corrected chi connectivity index (χ1v) is 12.3. The van der Waals surface area contributed by atoms with Crippen molar-refractivity contribution in [1.29, 1.82) is 0 Å². The Balaban J connectivity index is 1.38. The first kappa shape index (κ1) is 23.6. The van der Waals surface area contributed by atoms with Crippen molar-refractivity contribution in [2.75, 3.05) is 0 Å². The smallest absolute Gasteiger partial charge is 0.166 e. The van der Waals surface area contributed by atoms with Crippen LogP contribution in [-0.4, -0.2) is 0 Å². The normalized spacial score (nSPS) is 18.5. The Morgan fingerprint density at radius 2 is 1.45 bits per heavy atom. The van der Waals surface area contributed by atoms with E-state index in [0.29, 0.717) is 28.2 Å². The van der Waals surface area contributed by atoms with Crippen molar-refractivity contribution in [3.05, 3.63) is 94.3 Å². The minimum Gasteiger partial charge on any atom is -0.207 e. The van der Waals surface area contributed by atoms with E-state index in [1.807, 2.05) is 36.4 Å². The maximum atomic E-state index is 15.1. The molecule has 0 nitrogen and oxygen atoms in total. The van der Waals surface area contributed by atoms with Gasteiger partial charge >= 0.3 is 0 Å². The molecule has 1 aliphatic rings. The molecule has 0 amide bonds. The van der Waals surface area contributed by atoms with E-state index in [9.17, 15) is 8.78 Å². The van der Waals surface area contributed by atoms with Gasteiger partial charge in [-0.15, -0.1) is 0 Å². The average Bonchev–Trinajstić information content (AvgIpc) is 2.83. The van der Waals surface area contributed by atoms with Crippen LogP contribution in [0.3, 0.4) is 0 Å². The average molecular weight is 451 g/mol. The molecule has 0 bridgehead atoms. The quantitative estimate of drug-likeness (QED) is 0.337. The molecule has 0 aliphatic heterocycles. The topological polar surface area (TPSA) is 0 Å². The maximum absolute atomic E-state index is 15.1. The summed E-state index contributed by atoms with van der Waals surface area (Å²) in [4.78, 5) is 0. The fourth-order valence-corrected chi connectivity index (χ4v) is 5.17. The van der Waals surface area contributed by atoms with Gasteiger partial charge in [0.25, 0.3) is 0 Å². The molecule has 4 rings (SSSR count). The number of rotatable bonds is 7. The van der Waals surface area contributed by atoms with E-state index < -0.39 is 11.6 Å². The summed E-state index contributed by atoms with van der Waals surface area (Å²) in [6.07, 6.45) is 7.66. The predicted molar refractivity (Wildman–Crippen MR) is 130 cm³/mol. The van der Waals surface area contributed by atoms with Gasteiger partial charge in [-0.25, -0.2) is 13.2 Å². The SMILES string of the molecule is CCCc1ccc(-c2ccc(C3CCC(CCc4ccc(C)c(F)c4)CC3)c(F)c2F)cc1. The molecular formula is C30H33F3. The number of hydrogen-bond donors (Lipinski definition) is 0. The van der Waals surface area contributed by atoms with Gasteiger partial charge in [0, 0.05) is 5.56 Å². The van der Waals surface area contributed by atoms with Gasteiger partial charge in [-0.3, -0.25) is 0 Å². The second-order valence-corrected chi connectivity index (χ2v) is 9.62. The number of hydrogen-bond acceptors (Lipinski definition) is 0. The van der Waals surface area contributed by atoms with Gasteiger partial charge in [-0.1, -0.05) is 61.9 Å². The highest BCUT2D eigenvalue weighted by atomic mass is 19.2. The highest BCUT2D eigenvalue weighted by Gasteiger charge is 2.26. The summed E-state index contributed by atoms with van der Waals surface area (Å²) in [7, 11) is 0. The summed E-state index contributed by atoms with van der Waals surface area (Å²) in [5.74, 6) is -0.954. The van der Waals surface area contributed by atoms with Crippen molar-refractivity contribution in [1.82, 2.24) is 0 Å². The summed E-state index contributed by atoms with van der Waals surface area (Å²) >= 11 is 0. The fourth-order valence-electron chi connectivity index (χ4n) is 5.17. The lowest BCUT2D eigenvalue weighted by Gasteiger charge is -2.29. The van der Waals surface area contributed by atoms with Crippen LogP contribution in [0.1, 0.15) is 73.6 Å². The molecule has 3 aromatic carbocycles. The Bertz CT molecular complexity index is 1080. The second kappa shape index (κ2) is 10.6. The lowest BCUT2D eigenvalue weighted by molar-refractivity contribution is 0.305. The lowest BCUT2D eigenvalue weighted by Crippen LogP contribution is -2.15. The van der Waals surface area contributed by atoms with Crippen molar-refractivity contribution in [3.63, 3.8) is 0 Å². The molecule has 0 unspecified atom stereocenters. The molecule has 3 aromatic rings. The summed E-state index contributed by atoms with van der Waals surface area (Å²) in [5.41, 5.74) is 4.48.